The van der Waals surface area contributed by atoms with E-state index in [2.05, 4.69) is 0 Å². The van der Waals surface area contributed by atoms with E-state index in [1.807, 2.05) is 0 Å². The first-order chi connectivity index (χ1) is 15.3. The molecule has 5 nitrogen and oxygen atoms in total. The van der Waals surface area contributed by atoms with Gasteiger partial charge in [-0.15, -0.1) is 0 Å². The van der Waals surface area contributed by atoms with Gasteiger partial charge in [-0.25, -0.2) is 4.39 Å². The summed E-state index contributed by atoms with van der Waals surface area (Å²) in [5, 5.41) is 10.8. The van der Waals surface area contributed by atoms with Crippen LogP contribution in [0.25, 0.3) is 0 Å². The summed E-state index contributed by atoms with van der Waals surface area (Å²) in [6.45, 7) is 1.68. The van der Waals surface area contributed by atoms with Gasteiger partial charge >= 0.3 is 0 Å². The summed E-state index contributed by atoms with van der Waals surface area (Å²) in [6.07, 6.45) is 0.772. The average Bonchev–Trinajstić information content (AvgIpc) is 3.17. The summed E-state index contributed by atoms with van der Waals surface area (Å²) >= 11 is 6.13. The molecule has 0 heterocycles. The van der Waals surface area contributed by atoms with Gasteiger partial charge in [0, 0.05) is 5.02 Å². The Morgan fingerprint density at radius 1 is 1.16 bits per heavy atom. The number of aryl methyl sites for hydroxylation is 1. The molecule has 3 aromatic carbocycles. The standard InChI is InChI=1S/C25H22ClFN2O3/c1-14-6-5-9-18(23(14)30)25(32)29(22(24(28)31)15-7-3-2-4-8-15)21-11-10-17-19(21)12-16(26)13-20(17)27/h2-9,12-13,21-22,30H,10-11H2,1H3,(H2,28,31)/t21-,22?/m1/s1. The molecule has 0 radical (unpaired) electrons. The minimum Gasteiger partial charge on any atom is -0.507 e. The van der Waals surface area contributed by atoms with Crippen LogP contribution in [0.4, 0.5) is 4.39 Å². The largest absolute Gasteiger partial charge is 0.507 e. The lowest BCUT2D eigenvalue weighted by molar-refractivity contribution is -0.123. The molecule has 1 aliphatic carbocycles. The van der Waals surface area contributed by atoms with E-state index in [1.165, 1.54) is 17.0 Å². The van der Waals surface area contributed by atoms with Crippen LogP contribution >= 0.6 is 11.6 Å². The van der Waals surface area contributed by atoms with Crippen molar-refractivity contribution in [3.63, 3.8) is 0 Å². The number of hydrogen-bond acceptors (Lipinski definition) is 3. The number of hydrogen-bond donors (Lipinski definition) is 2. The summed E-state index contributed by atoms with van der Waals surface area (Å²) in [4.78, 5) is 27.9. The Morgan fingerprint density at radius 2 is 1.88 bits per heavy atom. The maximum absolute atomic E-state index is 14.6. The van der Waals surface area contributed by atoms with Crippen LogP contribution in [0.15, 0.2) is 60.7 Å². The molecule has 0 aliphatic heterocycles. The van der Waals surface area contributed by atoms with Crippen LogP contribution < -0.4 is 5.73 Å². The molecule has 2 amide bonds. The number of carbonyl (C=O) groups is 2. The van der Waals surface area contributed by atoms with Gasteiger partial charge in [0.15, 0.2) is 0 Å². The zero-order valence-corrected chi connectivity index (χ0v) is 18.1. The van der Waals surface area contributed by atoms with Crippen LogP contribution in [0.3, 0.4) is 0 Å². The molecule has 3 N–H and O–H groups in total. The fraction of sp³-hybridized carbons (Fsp3) is 0.200. The molecule has 164 valence electrons. The Hall–Kier alpha value is -3.38. The van der Waals surface area contributed by atoms with Crippen LogP contribution in [-0.4, -0.2) is 21.8 Å². The van der Waals surface area contributed by atoms with Crippen molar-refractivity contribution < 1.29 is 19.1 Å². The van der Waals surface area contributed by atoms with Gasteiger partial charge in [0.25, 0.3) is 5.91 Å². The average molecular weight is 453 g/mol. The molecule has 32 heavy (non-hydrogen) atoms. The summed E-state index contributed by atoms with van der Waals surface area (Å²) in [5.41, 5.74) is 7.89. The van der Waals surface area contributed by atoms with E-state index in [9.17, 15) is 19.1 Å². The smallest absolute Gasteiger partial charge is 0.259 e. The fourth-order valence-electron chi connectivity index (χ4n) is 4.42. The van der Waals surface area contributed by atoms with E-state index in [0.717, 1.165) is 0 Å². The number of nitrogens with zero attached hydrogens (tertiary/aromatic N) is 1. The zero-order chi connectivity index (χ0) is 23.0. The maximum Gasteiger partial charge on any atom is 0.259 e. The molecule has 1 unspecified atom stereocenters. The minimum absolute atomic E-state index is 0.0446. The number of rotatable bonds is 5. The summed E-state index contributed by atoms with van der Waals surface area (Å²) in [7, 11) is 0. The molecule has 2 atom stereocenters. The fourth-order valence-corrected chi connectivity index (χ4v) is 4.63. The predicted octanol–water partition coefficient (Wildman–Crippen LogP) is 4.85. The third-order valence-electron chi connectivity index (χ3n) is 5.92. The normalized spacial score (nSPS) is 15.8. The molecular formula is C25H22ClFN2O3. The van der Waals surface area contributed by atoms with Crippen molar-refractivity contribution in [1.29, 1.82) is 0 Å². The van der Waals surface area contributed by atoms with Crippen LogP contribution in [0.5, 0.6) is 5.75 Å². The Morgan fingerprint density at radius 3 is 2.56 bits per heavy atom. The molecule has 1 aliphatic rings. The lowest BCUT2D eigenvalue weighted by Gasteiger charge is -2.36. The zero-order valence-electron chi connectivity index (χ0n) is 17.4. The number of fused-ring (bicyclic) bond motifs is 1. The number of amides is 2. The van der Waals surface area contributed by atoms with Crippen LogP contribution in [-0.2, 0) is 11.2 Å². The van der Waals surface area contributed by atoms with Gasteiger partial charge in [-0.1, -0.05) is 54.1 Å². The molecular weight excluding hydrogens is 431 g/mol. The molecule has 0 aromatic heterocycles. The summed E-state index contributed by atoms with van der Waals surface area (Å²) in [5.74, 6) is -1.92. The highest BCUT2D eigenvalue weighted by molar-refractivity contribution is 6.30. The van der Waals surface area contributed by atoms with E-state index in [0.29, 0.717) is 35.1 Å². The highest BCUT2D eigenvalue weighted by Gasteiger charge is 2.41. The monoisotopic (exact) mass is 452 g/mol. The molecule has 3 aromatic rings. The molecule has 4 rings (SSSR count). The van der Waals surface area contributed by atoms with E-state index in [4.69, 9.17) is 17.3 Å². The SMILES string of the molecule is Cc1cccc(C(=O)N(C(C(N)=O)c2ccccc2)[C@@H]2CCc3c(F)cc(Cl)cc32)c1O. The van der Waals surface area contributed by atoms with E-state index >= 15 is 0 Å². The van der Waals surface area contributed by atoms with E-state index in [1.54, 1.807) is 55.5 Å². The van der Waals surface area contributed by atoms with Gasteiger partial charge in [0.05, 0.1) is 11.6 Å². The van der Waals surface area contributed by atoms with Crippen LogP contribution in [0, 0.1) is 12.7 Å². The van der Waals surface area contributed by atoms with E-state index in [-0.39, 0.29) is 16.3 Å². The maximum atomic E-state index is 14.6. The Labute approximate surface area is 190 Å². The third-order valence-corrected chi connectivity index (χ3v) is 6.14. The highest BCUT2D eigenvalue weighted by atomic mass is 35.5. The van der Waals surface area contributed by atoms with Crippen molar-refractivity contribution in [3.05, 3.63) is 99.3 Å². The summed E-state index contributed by atoms with van der Waals surface area (Å²) < 4.78 is 14.6. The van der Waals surface area contributed by atoms with E-state index < -0.39 is 29.7 Å². The number of benzene rings is 3. The number of phenolic OH excluding ortho intramolecular Hbond substituents is 1. The topological polar surface area (TPSA) is 83.6 Å². The Bertz CT molecular complexity index is 1200. The number of aromatic hydroxyl groups is 1. The molecule has 0 saturated heterocycles. The number of para-hydroxylation sites is 1. The highest BCUT2D eigenvalue weighted by Crippen LogP contribution is 2.43. The molecule has 0 bridgehead atoms. The second-order valence-electron chi connectivity index (χ2n) is 7.91. The van der Waals surface area contributed by atoms with Crippen molar-refractivity contribution in [2.75, 3.05) is 0 Å². The second-order valence-corrected chi connectivity index (χ2v) is 8.35. The summed E-state index contributed by atoms with van der Waals surface area (Å²) in [6, 6.07) is 14.6. The molecule has 0 saturated carbocycles. The van der Waals surface area contributed by atoms with Crippen molar-refractivity contribution in [2.24, 2.45) is 5.73 Å². The predicted molar refractivity (Wildman–Crippen MR) is 120 cm³/mol. The van der Waals surface area contributed by atoms with Gasteiger partial charge in [0.2, 0.25) is 5.91 Å². The number of primary amides is 1. The van der Waals surface area contributed by atoms with Crippen molar-refractivity contribution >= 4 is 23.4 Å². The third kappa shape index (κ3) is 3.82. The lowest BCUT2D eigenvalue weighted by Crippen LogP contribution is -2.43. The number of nitrogens with two attached hydrogens (primary N) is 1. The van der Waals surface area contributed by atoms with Crippen LogP contribution in [0.2, 0.25) is 5.02 Å². The Balaban J connectivity index is 1.91. The van der Waals surface area contributed by atoms with Gasteiger partial charge in [-0.05, 0) is 60.2 Å². The first-order valence-corrected chi connectivity index (χ1v) is 10.6. The van der Waals surface area contributed by atoms with Gasteiger partial charge in [-0.2, -0.15) is 0 Å². The van der Waals surface area contributed by atoms with Crippen LogP contribution in [0.1, 0.15) is 51.1 Å². The van der Waals surface area contributed by atoms with Crippen molar-refractivity contribution in [3.8, 4) is 5.75 Å². The lowest BCUT2D eigenvalue weighted by atomic mass is 9.97. The Kier molecular flexibility index (Phi) is 5.89. The molecule has 0 spiro atoms. The number of halogens is 2. The van der Waals surface area contributed by atoms with Gasteiger partial charge < -0.3 is 15.7 Å². The molecule has 7 heteroatoms. The molecule has 0 fully saturated rings. The quantitative estimate of drug-likeness (QED) is 0.580. The number of phenols is 1. The second kappa shape index (κ2) is 8.63. The number of carbonyl (C=O) groups excluding carboxylic acids is 2. The van der Waals surface area contributed by atoms with Gasteiger partial charge in [0.1, 0.15) is 17.6 Å². The van der Waals surface area contributed by atoms with Crippen molar-refractivity contribution in [1.82, 2.24) is 4.90 Å². The first kappa shape index (κ1) is 21.8. The van der Waals surface area contributed by atoms with Crippen molar-refractivity contribution in [2.45, 2.75) is 31.8 Å². The first-order valence-electron chi connectivity index (χ1n) is 10.2. The minimum atomic E-state index is -1.12. The van der Waals surface area contributed by atoms with Gasteiger partial charge in [-0.3, -0.25) is 9.59 Å².